The van der Waals surface area contributed by atoms with Crippen LogP contribution in [-0.2, 0) is 4.79 Å². The molecule has 3 nitrogen and oxygen atoms in total. The molecule has 0 aliphatic carbocycles. The van der Waals surface area contributed by atoms with Crippen molar-refractivity contribution in [3.63, 3.8) is 0 Å². The van der Waals surface area contributed by atoms with Gasteiger partial charge < -0.3 is 4.90 Å². The van der Waals surface area contributed by atoms with Crippen molar-refractivity contribution in [3.05, 3.63) is 27.7 Å². The molecule has 5 heteroatoms. The van der Waals surface area contributed by atoms with Crippen LogP contribution >= 0.6 is 31.9 Å². The molecule has 1 heterocycles. The summed E-state index contributed by atoms with van der Waals surface area (Å²) >= 11 is 6.75. The van der Waals surface area contributed by atoms with Crippen molar-refractivity contribution in [3.8, 4) is 0 Å². The van der Waals surface area contributed by atoms with E-state index in [4.69, 9.17) is 0 Å². The highest BCUT2D eigenvalue weighted by atomic mass is 79.9. The first-order valence-corrected chi connectivity index (χ1v) is 7.59. The van der Waals surface area contributed by atoms with E-state index < -0.39 is 11.7 Å². The van der Waals surface area contributed by atoms with Gasteiger partial charge in [0, 0.05) is 16.3 Å². The first kappa shape index (κ1) is 13.7. The fraction of sp³-hybridized carbons (Fsp3) is 0.385. The number of halogens is 2. The molecule has 0 bridgehead atoms. The largest absolute Gasteiger partial charge is 0.304 e. The topological polar surface area (TPSA) is 37.4 Å². The van der Waals surface area contributed by atoms with Crippen molar-refractivity contribution in [1.29, 1.82) is 0 Å². The quantitative estimate of drug-likeness (QED) is 0.601. The molecule has 1 aliphatic heterocycles. The van der Waals surface area contributed by atoms with Gasteiger partial charge in [-0.05, 0) is 30.5 Å². The van der Waals surface area contributed by atoms with Crippen LogP contribution in [-0.4, -0.2) is 23.6 Å². The molecular formula is C13H13Br2NO2. The van der Waals surface area contributed by atoms with E-state index in [1.54, 1.807) is 11.0 Å². The van der Waals surface area contributed by atoms with Gasteiger partial charge in [0.25, 0.3) is 11.7 Å². The standard InChI is InChI=1S/C13H13Br2NO2/c1-7(5-14)6-16-11-8(2)3-9(15)4-10(11)12(17)13(16)18/h3-4,7H,5-6H2,1-2H3. The molecule has 0 saturated heterocycles. The van der Waals surface area contributed by atoms with Crippen molar-refractivity contribution in [2.24, 2.45) is 5.92 Å². The number of rotatable bonds is 3. The molecule has 96 valence electrons. The predicted molar refractivity (Wildman–Crippen MR) is 78.5 cm³/mol. The molecule has 1 unspecified atom stereocenters. The SMILES string of the molecule is Cc1cc(Br)cc2c1N(CC(C)CBr)C(=O)C2=O. The molecule has 0 saturated carbocycles. The maximum atomic E-state index is 12.0. The molecule has 1 atom stereocenters. The summed E-state index contributed by atoms with van der Waals surface area (Å²) in [6.07, 6.45) is 0. The second-order valence-electron chi connectivity index (χ2n) is 4.62. The number of amides is 1. The molecule has 0 radical (unpaired) electrons. The lowest BCUT2D eigenvalue weighted by molar-refractivity contribution is -0.114. The van der Waals surface area contributed by atoms with Gasteiger partial charge >= 0.3 is 0 Å². The van der Waals surface area contributed by atoms with Crippen LogP contribution in [0.3, 0.4) is 0 Å². The van der Waals surface area contributed by atoms with Gasteiger partial charge in [-0.15, -0.1) is 0 Å². The number of benzene rings is 1. The first-order chi connectivity index (χ1) is 8.45. The minimum atomic E-state index is -0.418. The van der Waals surface area contributed by atoms with Gasteiger partial charge in [-0.2, -0.15) is 0 Å². The Morgan fingerprint density at radius 1 is 1.33 bits per heavy atom. The molecule has 0 aromatic heterocycles. The smallest absolute Gasteiger partial charge is 0.299 e. The number of anilines is 1. The summed E-state index contributed by atoms with van der Waals surface area (Å²) < 4.78 is 0.829. The summed E-state index contributed by atoms with van der Waals surface area (Å²) in [6.45, 7) is 4.52. The Hall–Kier alpha value is -0.680. The van der Waals surface area contributed by atoms with Gasteiger partial charge in [-0.3, -0.25) is 9.59 Å². The van der Waals surface area contributed by atoms with E-state index in [0.717, 1.165) is 21.1 Å². The molecule has 18 heavy (non-hydrogen) atoms. The van der Waals surface area contributed by atoms with Gasteiger partial charge in [0.2, 0.25) is 0 Å². The van der Waals surface area contributed by atoms with Crippen LogP contribution in [0.2, 0.25) is 0 Å². The Morgan fingerprint density at radius 3 is 2.61 bits per heavy atom. The number of carbonyl (C=O) groups excluding carboxylic acids is 2. The van der Waals surface area contributed by atoms with Gasteiger partial charge in [0.05, 0.1) is 11.3 Å². The molecule has 1 amide bonds. The zero-order valence-electron chi connectivity index (χ0n) is 10.2. The third kappa shape index (κ3) is 2.26. The molecular weight excluding hydrogens is 362 g/mol. The van der Waals surface area contributed by atoms with Gasteiger partial charge in [0.15, 0.2) is 0 Å². The second-order valence-corrected chi connectivity index (χ2v) is 6.19. The normalized spacial score (nSPS) is 16.1. The Bertz CT molecular complexity index is 528. The zero-order chi connectivity index (χ0) is 13.4. The summed E-state index contributed by atoms with van der Waals surface area (Å²) in [4.78, 5) is 25.6. The Labute approximate surface area is 123 Å². The molecule has 0 fully saturated rings. The number of Topliss-reactive ketones (excluding diaryl/α,β-unsaturated/α-hetero) is 1. The van der Waals surface area contributed by atoms with E-state index in [1.165, 1.54) is 0 Å². The lowest BCUT2D eigenvalue weighted by atomic mass is 10.1. The van der Waals surface area contributed by atoms with E-state index in [9.17, 15) is 9.59 Å². The van der Waals surface area contributed by atoms with E-state index in [2.05, 4.69) is 31.9 Å². The summed E-state index contributed by atoms with van der Waals surface area (Å²) in [5.74, 6) is -0.522. The number of aryl methyl sites for hydroxylation is 1. The van der Waals surface area contributed by atoms with E-state index in [0.29, 0.717) is 18.0 Å². The van der Waals surface area contributed by atoms with Crippen molar-refractivity contribution in [2.45, 2.75) is 13.8 Å². The highest BCUT2D eigenvalue weighted by Gasteiger charge is 2.37. The molecule has 1 aromatic rings. The summed E-state index contributed by atoms with van der Waals surface area (Å²) in [7, 11) is 0. The average molecular weight is 375 g/mol. The van der Waals surface area contributed by atoms with Gasteiger partial charge in [0.1, 0.15) is 0 Å². The van der Waals surface area contributed by atoms with Crippen LogP contribution in [0.5, 0.6) is 0 Å². The van der Waals surface area contributed by atoms with Gasteiger partial charge in [-0.1, -0.05) is 38.8 Å². The number of alkyl halides is 1. The van der Waals surface area contributed by atoms with Crippen LogP contribution < -0.4 is 4.90 Å². The van der Waals surface area contributed by atoms with Crippen LogP contribution in [0, 0.1) is 12.8 Å². The Kier molecular flexibility index (Phi) is 3.92. The van der Waals surface area contributed by atoms with Crippen molar-refractivity contribution >= 4 is 49.2 Å². The fourth-order valence-electron chi connectivity index (χ4n) is 2.14. The molecule has 1 aliphatic rings. The number of fused-ring (bicyclic) bond motifs is 1. The molecule has 0 N–H and O–H groups in total. The fourth-order valence-corrected chi connectivity index (χ4v) is 2.92. The molecule has 0 spiro atoms. The van der Waals surface area contributed by atoms with Crippen LogP contribution in [0.25, 0.3) is 0 Å². The number of nitrogens with zero attached hydrogens (tertiary/aromatic N) is 1. The van der Waals surface area contributed by atoms with Crippen LogP contribution in [0.15, 0.2) is 16.6 Å². The van der Waals surface area contributed by atoms with Crippen molar-refractivity contribution in [2.75, 3.05) is 16.8 Å². The molecule has 1 aromatic carbocycles. The van der Waals surface area contributed by atoms with E-state index in [-0.39, 0.29) is 0 Å². The van der Waals surface area contributed by atoms with Crippen molar-refractivity contribution < 1.29 is 9.59 Å². The van der Waals surface area contributed by atoms with Crippen molar-refractivity contribution in [1.82, 2.24) is 0 Å². The molecule has 2 rings (SSSR count). The third-order valence-electron chi connectivity index (χ3n) is 2.98. The monoisotopic (exact) mass is 373 g/mol. The maximum Gasteiger partial charge on any atom is 0.299 e. The lowest BCUT2D eigenvalue weighted by Crippen LogP contribution is -2.34. The third-order valence-corrected chi connectivity index (χ3v) is 4.54. The average Bonchev–Trinajstić information content (AvgIpc) is 2.54. The summed E-state index contributed by atoms with van der Waals surface area (Å²) in [5, 5.41) is 0.801. The number of ketones is 1. The maximum absolute atomic E-state index is 12.0. The highest BCUT2D eigenvalue weighted by Crippen LogP contribution is 2.35. The zero-order valence-corrected chi connectivity index (χ0v) is 13.3. The minimum absolute atomic E-state index is 0.302. The van der Waals surface area contributed by atoms with Gasteiger partial charge in [-0.25, -0.2) is 0 Å². The highest BCUT2D eigenvalue weighted by molar-refractivity contribution is 9.10. The minimum Gasteiger partial charge on any atom is -0.304 e. The second kappa shape index (κ2) is 5.13. The van der Waals surface area contributed by atoms with Crippen LogP contribution in [0.4, 0.5) is 5.69 Å². The number of hydrogen-bond acceptors (Lipinski definition) is 2. The predicted octanol–water partition coefficient (Wildman–Crippen LogP) is 3.32. The number of carbonyl (C=O) groups is 2. The Morgan fingerprint density at radius 2 is 2.00 bits per heavy atom. The first-order valence-electron chi connectivity index (χ1n) is 5.68. The number of hydrogen-bond donors (Lipinski definition) is 0. The summed E-state index contributed by atoms with van der Waals surface area (Å²) in [6, 6.07) is 3.65. The van der Waals surface area contributed by atoms with E-state index >= 15 is 0 Å². The Balaban J connectivity index is 2.48. The van der Waals surface area contributed by atoms with Crippen LogP contribution in [0.1, 0.15) is 22.8 Å². The van der Waals surface area contributed by atoms with E-state index in [1.807, 2.05) is 19.9 Å². The lowest BCUT2D eigenvalue weighted by Gasteiger charge is -2.21. The summed E-state index contributed by atoms with van der Waals surface area (Å²) in [5.41, 5.74) is 2.22.